The van der Waals surface area contributed by atoms with E-state index in [1.54, 1.807) is 4.90 Å². The van der Waals surface area contributed by atoms with Gasteiger partial charge in [0.1, 0.15) is 0 Å². The van der Waals surface area contributed by atoms with Gasteiger partial charge in [-0.2, -0.15) is 0 Å². The van der Waals surface area contributed by atoms with Crippen molar-refractivity contribution < 1.29 is 9.59 Å². The van der Waals surface area contributed by atoms with Crippen molar-refractivity contribution in [3.05, 3.63) is 28.2 Å². The molecular weight excluding hydrogens is 372 g/mol. The van der Waals surface area contributed by atoms with Crippen LogP contribution in [0, 0.1) is 6.92 Å². The highest BCUT2D eigenvalue weighted by Gasteiger charge is 2.24. The lowest BCUT2D eigenvalue weighted by molar-refractivity contribution is -0.132. The Morgan fingerprint density at radius 1 is 1.17 bits per heavy atom. The summed E-state index contributed by atoms with van der Waals surface area (Å²) in [7, 11) is 3.91. The number of rotatable bonds is 4. The Labute approximate surface area is 151 Å². The molecule has 0 bridgehead atoms. The zero-order valence-electron chi connectivity index (χ0n) is 14.5. The van der Waals surface area contributed by atoms with Crippen molar-refractivity contribution in [2.75, 3.05) is 52.1 Å². The number of nitrogens with zero attached hydrogens (tertiary/aromatic N) is 3. The van der Waals surface area contributed by atoms with Gasteiger partial charge in [-0.25, -0.2) is 4.79 Å². The summed E-state index contributed by atoms with van der Waals surface area (Å²) < 4.78 is 0.969. The zero-order valence-corrected chi connectivity index (χ0v) is 16.1. The second kappa shape index (κ2) is 8.48. The molecule has 0 aliphatic carbocycles. The molecule has 1 heterocycles. The van der Waals surface area contributed by atoms with Crippen molar-refractivity contribution >= 4 is 33.6 Å². The van der Waals surface area contributed by atoms with Crippen LogP contribution in [-0.4, -0.2) is 73.5 Å². The molecule has 1 aromatic rings. The van der Waals surface area contributed by atoms with E-state index in [9.17, 15) is 9.59 Å². The van der Waals surface area contributed by atoms with Crippen LogP contribution in [0.5, 0.6) is 0 Å². The SMILES string of the molecule is Cc1ccc(NC(=O)N2CCN(C(=O)CCN(C)C)CC2)cc1Br. The molecule has 0 atom stereocenters. The van der Waals surface area contributed by atoms with Crippen LogP contribution in [0.4, 0.5) is 10.5 Å². The first-order valence-corrected chi connectivity index (χ1v) is 8.90. The van der Waals surface area contributed by atoms with Crippen LogP contribution in [0.15, 0.2) is 22.7 Å². The Hall–Kier alpha value is -1.60. The van der Waals surface area contributed by atoms with Gasteiger partial charge in [-0.1, -0.05) is 22.0 Å². The van der Waals surface area contributed by atoms with Crippen LogP contribution in [0.1, 0.15) is 12.0 Å². The molecule has 132 valence electrons. The molecule has 2 rings (SSSR count). The van der Waals surface area contributed by atoms with Gasteiger partial charge >= 0.3 is 6.03 Å². The molecule has 1 aliphatic rings. The van der Waals surface area contributed by atoms with E-state index in [0.29, 0.717) is 32.6 Å². The molecular formula is C17H25BrN4O2. The van der Waals surface area contributed by atoms with E-state index in [4.69, 9.17) is 0 Å². The molecule has 7 heteroatoms. The number of aryl methyl sites for hydroxylation is 1. The maximum absolute atomic E-state index is 12.3. The molecule has 1 N–H and O–H groups in total. The van der Waals surface area contributed by atoms with E-state index in [1.165, 1.54) is 0 Å². The van der Waals surface area contributed by atoms with Crippen LogP contribution in [0.3, 0.4) is 0 Å². The van der Waals surface area contributed by atoms with Crippen LogP contribution in [0.2, 0.25) is 0 Å². The Morgan fingerprint density at radius 3 is 2.38 bits per heavy atom. The minimum absolute atomic E-state index is 0.119. The molecule has 0 radical (unpaired) electrons. The second-order valence-corrected chi connectivity index (χ2v) is 7.17. The number of carbonyl (C=O) groups is 2. The smallest absolute Gasteiger partial charge is 0.321 e. The van der Waals surface area contributed by atoms with Gasteiger partial charge in [0, 0.05) is 49.3 Å². The Balaban J connectivity index is 1.82. The Morgan fingerprint density at radius 2 is 1.79 bits per heavy atom. The summed E-state index contributed by atoms with van der Waals surface area (Å²) in [6, 6.07) is 5.63. The van der Waals surface area contributed by atoms with Crippen LogP contribution < -0.4 is 5.32 Å². The van der Waals surface area contributed by atoms with E-state index in [-0.39, 0.29) is 11.9 Å². The predicted octanol–water partition coefficient (Wildman–Crippen LogP) is 2.39. The van der Waals surface area contributed by atoms with Crippen molar-refractivity contribution in [1.29, 1.82) is 0 Å². The normalized spacial score (nSPS) is 14.9. The van der Waals surface area contributed by atoms with Crippen LogP contribution >= 0.6 is 15.9 Å². The lowest BCUT2D eigenvalue weighted by Gasteiger charge is -2.35. The number of urea groups is 1. The fourth-order valence-corrected chi connectivity index (χ4v) is 2.89. The van der Waals surface area contributed by atoms with Crippen molar-refractivity contribution in [2.24, 2.45) is 0 Å². The summed E-state index contributed by atoms with van der Waals surface area (Å²) >= 11 is 3.47. The van der Waals surface area contributed by atoms with Gasteiger partial charge in [0.2, 0.25) is 5.91 Å². The minimum Gasteiger partial charge on any atom is -0.339 e. The summed E-state index contributed by atoms with van der Waals surface area (Å²) in [4.78, 5) is 30.1. The largest absolute Gasteiger partial charge is 0.339 e. The monoisotopic (exact) mass is 396 g/mol. The molecule has 0 spiro atoms. The van der Waals surface area contributed by atoms with Gasteiger partial charge in [-0.3, -0.25) is 4.79 Å². The van der Waals surface area contributed by atoms with E-state index in [0.717, 1.165) is 22.3 Å². The molecule has 6 nitrogen and oxygen atoms in total. The molecule has 1 aromatic carbocycles. The molecule has 0 aromatic heterocycles. The van der Waals surface area contributed by atoms with Crippen LogP contribution in [-0.2, 0) is 4.79 Å². The number of amides is 3. The van der Waals surface area contributed by atoms with Gasteiger partial charge in [0.05, 0.1) is 0 Å². The number of halogens is 1. The number of hydrogen-bond acceptors (Lipinski definition) is 3. The summed E-state index contributed by atoms with van der Waals surface area (Å²) in [5, 5.41) is 2.91. The Bertz CT molecular complexity index is 598. The summed E-state index contributed by atoms with van der Waals surface area (Å²) in [6.45, 7) is 5.07. The Kier molecular flexibility index (Phi) is 6.62. The van der Waals surface area contributed by atoms with Gasteiger partial charge < -0.3 is 20.0 Å². The molecule has 1 saturated heterocycles. The average molecular weight is 397 g/mol. The summed E-state index contributed by atoms with van der Waals surface area (Å²) in [5.74, 6) is 0.159. The fourth-order valence-electron chi connectivity index (χ4n) is 2.51. The van der Waals surface area contributed by atoms with Crippen LogP contribution in [0.25, 0.3) is 0 Å². The highest BCUT2D eigenvalue weighted by Crippen LogP contribution is 2.21. The topological polar surface area (TPSA) is 55.9 Å². The maximum atomic E-state index is 12.3. The quantitative estimate of drug-likeness (QED) is 0.849. The maximum Gasteiger partial charge on any atom is 0.321 e. The third kappa shape index (κ3) is 5.21. The molecule has 0 saturated carbocycles. The van der Waals surface area contributed by atoms with Gasteiger partial charge in [0.25, 0.3) is 0 Å². The first-order chi connectivity index (χ1) is 11.4. The standard InChI is InChI=1S/C17H25BrN4O2/c1-13-4-5-14(12-15(13)18)19-17(24)22-10-8-21(9-11-22)16(23)6-7-20(2)3/h4-5,12H,6-11H2,1-3H3,(H,19,24). The van der Waals surface area contributed by atoms with Crippen molar-refractivity contribution in [2.45, 2.75) is 13.3 Å². The van der Waals surface area contributed by atoms with Crippen molar-refractivity contribution in [1.82, 2.24) is 14.7 Å². The first-order valence-electron chi connectivity index (χ1n) is 8.11. The first kappa shape index (κ1) is 18.7. The van der Waals surface area contributed by atoms with Gasteiger partial charge in [-0.05, 0) is 38.7 Å². The number of carbonyl (C=O) groups excluding carboxylic acids is 2. The number of hydrogen-bond donors (Lipinski definition) is 1. The molecule has 24 heavy (non-hydrogen) atoms. The molecule has 0 unspecified atom stereocenters. The minimum atomic E-state index is -0.119. The van der Waals surface area contributed by atoms with E-state index in [1.807, 2.05) is 49.0 Å². The highest BCUT2D eigenvalue weighted by molar-refractivity contribution is 9.10. The second-order valence-electron chi connectivity index (χ2n) is 6.32. The zero-order chi connectivity index (χ0) is 17.7. The lowest BCUT2D eigenvalue weighted by Crippen LogP contribution is -2.52. The number of piperazine rings is 1. The van der Waals surface area contributed by atoms with Crippen molar-refractivity contribution in [3.8, 4) is 0 Å². The fraction of sp³-hybridized carbons (Fsp3) is 0.529. The van der Waals surface area contributed by atoms with E-state index >= 15 is 0 Å². The molecule has 1 aliphatic heterocycles. The number of anilines is 1. The third-order valence-corrected chi connectivity index (χ3v) is 4.97. The van der Waals surface area contributed by atoms with Gasteiger partial charge in [-0.15, -0.1) is 0 Å². The third-order valence-electron chi connectivity index (χ3n) is 4.12. The summed E-state index contributed by atoms with van der Waals surface area (Å²) in [5.41, 5.74) is 1.89. The highest BCUT2D eigenvalue weighted by atomic mass is 79.9. The van der Waals surface area contributed by atoms with Gasteiger partial charge in [0.15, 0.2) is 0 Å². The number of nitrogens with one attached hydrogen (secondary N) is 1. The average Bonchev–Trinajstić information content (AvgIpc) is 2.56. The predicted molar refractivity (Wildman–Crippen MR) is 99.2 cm³/mol. The lowest BCUT2D eigenvalue weighted by atomic mass is 10.2. The molecule has 1 fully saturated rings. The van der Waals surface area contributed by atoms with E-state index < -0.39 is 0 Å². The van der Waals surface area contributed by atoms with Crippen molar-refractivity contribution in [3.63, 3.8) is 0 Å². The molecule has 3 amide bonds. The number of benzene rings is 1. The van der Waals surface area contributed by atoms with E-state index in [2.05, 4.69) is 21.2 Å². The summed E-state index contributed by atoms with van der Waals surface area (Å²) in [6.07, 6.45) is 0.524.